The summed E-state index contributed by atoms with van der Waals surface area (Å²) in [7, 11) is 0. The van der Waals surface area contributed by atoms with E-state index in [0.29, 0.717) is 11.1 Å². The molecule has 0 spiro atoms. The van der Waals surface area contributed by atoms with E-state index in [-0.39, 0.29) is 0 Å². The normalized spacial score (nSPS) is 11.1. The second kappa shape index (κ2) is 5.18. The molecule has 2 aromatic rings. The first-order valence-corrected chi connectivity index (χ1v) is 6.19. The third kappa shape index (κ3) is 2.87. The second-order valence-electron chi connectivity index (χ2n) is 3.00. The van der Waals surface area contributed by atoms with Gasteiger partial charge in [0.25, 0.3) is 5.22 Å². The first kappa shape index (κ1) is 11.2. The molecule has 0 aliphatic carbocycles. The highest BCUT2D eigenvalue weighted by atomic mass is 35.5. The average Bonchev–Trinajstić information content (AvgIpc) is 2.76. The highest BCUT2D eigenvalue weighted by Gasteiger charge is 1.99. The highest BCUT2D eigenvalue weighted by Crippen LogP contribution is 2.15. The van der Waals surface area contributed by atoms with Gasteiger partial charge >= 0.3 is 0 Å². The smallest absolute Gasteiger partial charge is 0.276 e. The van der Waals surface area contributed by atoms with Crippen LogP contribution in [0, 0.1) is 0 Å². The lowest BCUT2D eigenvalue weighted by atomic mass is 10.2. The molecule has 0 bridgehead atoms. The summed E-state index contributed by atoms with van der Waals surface area (Å²) in [6.07, 6.45) is 5.56. The van der Waals surface area contributed by atoms with E-state index in [1.165, 1.54) is 11.8 Å². The van der Waals surface area contributed by atoms with Gasteiger partial charge in [0.2, 0.25) is 5.89 Å². The van der Waals surface area contributed by atoms with E-state index < -0.39 is 0 Å². The van der Waals surface area contributed by atoms with E-state index in [9.17, 15) is 0 Å². The minimum Gasteiger partial charge on any atom is -0.412 e. The van der Waals surface area contributed by atoms with Crippen molar-refractivity contribution >= 4 is 35.5 Å². The van der Waals surface area contributed by atoms with Crippen molar-refractivity contribution in [1.82, 2.24) is 10.2 Å². The average molecular weight is 253 g/mol. The minimum absolute atomic E-state index is 0.499. The fourth-order valence-corrected chi connectivity index (χ4v) is 1.53. The number of halogens is 1. The maximum atomic E-state index is 5.78. The predicted octanol–water partition coefficient (Wildman–Crippen LogP) is 3.62. The van der Waals surface area contributed by atoms with Gasteiger partial charge in [0, 0.05) is 11.1 Å². The Bertz CT molecular complexity index is 493. The Balaban J connectivity index is 2.11. The lowest BCUT2D eigenvalue weighted by molar-refractivity contribution is 0.447. The molecule has 0 aliphatic heterocycles. The number of aromatic nitrogens is 2. The van der Waals surface area contributed by atoms with E-state index in [0.717, 1.165) is 10.6 Å². The largest absolute Gasteiger partial charge is 0.412 e. The van der Waals surface area contributed by atoms with Crippen molar-refractivity contribution in [3.8, 4) is 0 Å². The van der Waals surface area contributed by atoms with Crippen LogP contribution in [-0.2, 0) is 0 Å². The molecule has 0 saturated carbocycles. The number of nitrogens with zero attached hydrogens (tertiary/aromatic N) is 2. The predicted molar refractivity (Wildman–Crippen MR) is 66.5 cm³/mol. The fraction of sp³-hybridized carbons (Fsp3) is 0.0909. The van der Waals surface area contributed by atoms with Crippen molar-refractivity contribution in [2.75, 3.05) is 6.26 Å². The molecular weight excluding hydrogens is 244 g/mol. The van der Waals surface area contributed by atoms with Gasteiger partial charge in [0.1, 0.15) is 0 Å². The molecule has 0 amide bonds. The van der Waals surface area contributed by atoms with Crippen molar-refractivity contribution in [1.29, 1.82) is 0 Å². The fourth-order valence-electron chi connectivity index (χ4n) is 1.11. The zero-order valence-electron chi connectivity index (χ0n) is 8.55. The number of hydrogen-bond acceptors (Lipinski definition) is 4. The van der Waals surface area contributed by atoms with Crippen molar-refractivity contribution in [2.45, 2.75) is 5.22 Å². The Morgan fingerprint density at radius 1 is 1.19 bits per heavy atom. The summed E-state index contributed by atoms with van der Waals surface area (Å²) >= 11 is 7.20. The maximum Gasteiger partial charge on any atom is 0.276 e. The number of hydrogen-bond donors (Lipinski definition) is 0. The van der Waals surface area contributed by atoms with E-state index >= 15 is 0 Å². The second-order valence-corrected chi connectivity index (χ2v) is 4.19. The molecule has 0 radical (unpaired) electrons. The Hall–Kier alpha value is -1.26. The van der Waals surface area contributed by atoms with Gasteiger partial charge in [-0.25, -0.2) is 0 Å². The van der Waals surface area contributed by atoms with E-state index in [4.69, 9.17) is 16.0 Å². The van der Waals surface area contributed by atoms with Crippen LogP contribution in [0.5, 0.6) is 0 Å². The van der Waals surface area contributed by atoms with Crippen LogP contribution >= 0.6 is 23.4 Å². The molecule has 16 heavy (non-hydrogen) atoms. The van der Waals surface area contributed by atoms with Gasteiger partial charge in [-0.3, -0.25) is 0 Å². The van der Waals surface area contributed by atoms with Gasteiger partial charge in [-0.15, -0.1) is 10.2 Å². The molecule has 5 heteroatoms. The number of benzene rings is 1. The number of rotatable bonds is 3. The topological polar surface area (TPSA) is 38.9 Å². The van der Waals surface area contributed by atoms with Crippen LogP contribution < -0.4 is 0 Å². The Morgan fingerprint density at radius 2 is 1.94 bits per heavy atom. The molecule has 3 nitrogen and oxygen atoms in total. The minimum atomic E-state index is 0.499. The van der Waals surface area contributed by atoms with Crippen LogP contribution in [0.1, 0.15) is 11.5 Å². The summed E-state index contributed by atoms with van der Waals surface area (Å²) in [5.41, 5.74) is 1.04. The summed E-state index contributed by atoms with van der Waals surface area (Å²) in [5.74, 6) is 0.499. The quantitative estimate of drug-likeness (QED) is 0.783. The molecule has 1 aromatic heterocycles. The molecule has 82 valence electrons. The van der Waals surface area contributed by atoms with Crippen LogP contribution in [0.15, 0.2) is 33.9 Å². The standard InChI is InChI=1S/C11H9ClN2OS/c1-16-11-14-13-10(15-11)7-4-8-2-5-9(12)6-3-8/h2-7H,1H3/b7-4+. The molecule has 0 atom stereocenters. The Labute approximate surface area is 103 Å². The summed E-state index contributed by atoms with van der Waals surface area (Å²) in [6, 6.07) is 7.51. The highest BCUT2D eigenvalue weighted by molar-refractivity contribution is 7.98. The van der Waals surface area contributed by atoms with Crippen LogP contribution in [0.25, 0.3) is 12.2 Å². The molecule has 1 heterocycles. The van der Waals surface area contributed by atoms with Gasteiger partial charge in [0.15, 0.2) is 0 Å². The van der Waals surface area contributed by atoms with Crippen molar-refractivity contribution < 1.29 is 4.42 Å². The monoisotopic (exact) mass is 252 g/mol. The van der Waals surface area contributed by atoms with Crippen LogP contribution in [0.2, 0.25) is 5.02 Å². The van der Waals surface area contributed by atoms with Crippen LogP contribution in [0.3, 0.4) is 0 Å². The Morgan fingerprint density at radius 3 is 2.56 bits per heavy atom. The van der Waals surface area contributed by atoms with Gasteiger partial charge in [-0.1, -0.05) is 35.5 Å². The summed E-state index contributed by atoms with van der Waals surface area (Å²) in [5, 5.41) is 8.99. The van der Waals surface area contributed by atoms with Gasteiger partial charge in [0.05, 0.1) is 0 Å². The number of thioether (sulfide) groups is 1. The van der Waals surface area contributed by atoms with E-state index in [1.54, 1.807) is 6.08 Å². The molecule has 0 N–H and O–H groups in total. The van der Waals surface area contributed by atoms with Gasteiger partial charge in [-0.2, -0.15) is 0 Å². The van der Waals surface area contributed by atoms with Crippen molar-refractivity contribution in [3.63, 3.8) is 0 Å². The summed E-state index contributed by atoms with van der Waals surface area (Å²) in [4.78, 5) is 0. The molecule has 0 fully saturated rings. The molecule has 1 aromatic carbocycles. The molecule has 2 rings (SSSR count). The SMILES string of the molecule is CSc1nnc(/C=C/c2ccc(Cl)cc2)o1. The lowest BCUT2D eigenvalue weighted by Gasteiger charge is -1.91. The summed E-state index contributed by atoms with van der Waals surface area (Å²) < 4.78 is 5.31. The van der Waals surface area contributed by atoms with Crippen molar-refractivity contribution in [3.05, 3.63) is 40.7 Å². The van der Waals surface area contributed by atoms with Crippen LogP contribution in [0.4, 0.5) is 0 Å². The Kier molecular flexibility index (Phi) is 3.64. The van der Waals surface area contributed by atoms with Gasteiger partial charge in [-0.05, 0) is 30.0 Å². The zero-order valence-corrected chi connectivity index (χ0v) is 10.1. The first-order chi connectivity index (χ1) is 7.78. The molecular formula is C11H9ClN2OS. The molecule has 0 unspecified atom stereocenters. The van der Waals surface area contributed by atoms with E-state index in [2.05, 4.69) is 10.2 Å². The van der Waals surface area contributed by atoms with Gasteiger partial charge < -0.3 is 4.42 Å². The summed E-state index contributed by atoms with van der Waals surface area (Å²) in [6.45, 7) is 0. The maximum absolute atomic E-state index is 5.78. The first-order valence-electron chi connectivity index (χ1n) is 4.59. The van der Waals surface area contributed by atoms with Crippen molar-refractivity contribution in [2.24, 2.45) is 0 Å². The lowest BCUT2D eigenvalue weighted by Crippen LogP contribution is -1.73. The molecule has 0 aliphatic rings. The van der Waals surface area contributed by atoms with Crippen LogP contribution in [-0.4, -0.2) is 16.5 Å². The molecule has 0 saturated heterocycles. The third-order valence-electron chi connectivity index (χ3n) is 1.89. The third-order valence-corrected chi connectivity index (χ3v) is 2.65. The van der Waals surface area contributed by atoms with E-state index in [1.807, 2.05) is 36.6 Å². The zero-order chi connectivity index (χ0) is 11.4.